The van der Waals surface area contributed by atoms with Gasteiger partial charge in [-0.15, -0.1) is 0 Å². The van der Waals surface area contributed by atoms with Crippen molar-refractivity contribution in [3.05, 3.63) is 0 Å². The van der Waals surface area contributed by atoms with Crippen LogP contribution in [0.3, 0.4) is 0 Å². The Morgan fingerprint density at radius 2 is 2.11 bits per heavy atom. The lowest BCUT2D eigenvalue weighted by Crippen LogP contribution is -2.05. The van der Waals surface area contributed by atoms with E-state index >= 15 is 0 Å². The van der Waals surface area contributed by atoms with Crippen LogP contribution in [0.5, 0.6) is 0 Å². The van der Waals surface area contributed by atoms with Gasteiger partial charge in [-0.25, -0.2) is 0 Å². The van der Waals surface area contributed by atoms with Crippen molar-refractivity contribution >= 4 is 10.1 Å². The summed E-state index contributed by atoms with van der Waals surface area (Å²) in [5.74, 6) is -0.221. The van der Waals surface area contributed by atoms with Crippen LogP contribution in [0.4, 0.5) is 0 Å². The van der Waals surface area contributed by atoms with Gasteiger partial charge < -0.3 is 4.74 Å². The van der Waals surface area contributed by atoms with E-state index in [4.69, 9.17) is 4.55 Å². The van der Waals surface area contributed by atoms with Crippen LogP contribution in [0.15, 0.2) is 0 Å². The van der Waals surface area contributed by atoms with Gasteiger partial charge in [-0.2, -0.15) is 8.42 Å². The van der Waals surface area contributed by atoms with Crippen molar-refractivity contribution in [3.63, 3.8) is 0 Å². The molecule has 0 saturated heterocycles. The Balaban J connectivity index is 3.30. The van der Waals surface area contributed by atoms with Crippen LogP contribution in [-0.4, -0.2) is 32.4 Å². The smallest absolute Gasteiger partial charge is 0.264 e. The highest BCUT2D eigenvalue weighted by Gasteiger charge is 2.01. The summed E-state index contributed by atoms with van der Waals surface area (Å²) in [5, 5.41) is 0. The van der Waals surface area contributed by atoms with Crippen molar-refractivity contribution in [1.29, 1.82) is 0 Å². The first kappa shape index (κ1) is 8.87. The summed E-state index contributed by atoms with van der Waals surface area (Å²) in [4.78, 5) is 0. The Morgan fingerprint density at radius 1 is 1.56 bits per heavy atom. The lowest BCUT2D eigenvalue weighted by Gasteiger charge is -1.94. The van der Waals surface area contributed by atoms with Crippen LogP contribution in [0.25, 0.3) is 0 Å². The molecule has 0 saturated carbocycles. The van der Waals surface area contributed by atoms with Crippen molar-refractivity contribution in [2.24, 2.45) is 0 Å². The van der Waals surface area contributed by atoms with E-state index in [1.807, 2.05) is 0 Å². The monoisotopic (exact) mass is 154 g/mol. The first-order valence-electron chi connectivity index (χ1n) is 2.50. The Labute approximate surface area is 54.6 Å². The maximum absolute atomic E-state index is 10.0. The van der Waals surface area contributed by atoms with E-state index in [1.165, 1.54) is 7.11 Å². The highest BCUT2D eigenvalue weighted by molar-refractivity contribution is 7.85. The van der Waals surface area contributed by atoms with Crippen molar-refractivity contribution < 1.29 is 17.7 Å². The van der Waals surface area contributed by atoms with E-state index in [0.29, 0.717) is 13.0 Å². The first-order valence-corrected chi connectivity index (χ1v) is 4.11. The van der Waals surface area contributed by atoms with Crippen molar-refractivity contribution in [1.82, 2.24) is 0 Å². The molecule has 0 rings (SSSR count). The van der Waals surface area contributed by atoms with Gasteiger partial charge in [0, 0.05) is 13.7 Å². The second-order valence-corrected chi connectivity index (χ2v) is 3.20. The molecule has 5 heteroatoms. The molecule has 1 N–H and O–H groups in total. The van der Waals surface area contributed by atoms with E-state index in [2.05, 4.69) is 4.74 Å². The third kappa shape index (κ3) is 7.87. The molecular weight excluding hydrogens is 144 g/mol. The zero-order valence-electron chi connectivity index (χ0n) is 5.20. The Kier molecular flexibility index (Phi) is 3.76. The molecule has 4 nitrogen and oxygen atoms in total. The predicted molar refractivity (Wildman–Crippen MR) is 32.9 cm³/mol. The molecular formula is C4H10O4S. The Bertz CT molecular complexity index is 148. The molecule has 0 aromatic heterocycles. The van der Waals surface area contributed by atoms with Crippen LogP contribution in [0.1, 0.15) is 6.42 Å². The Morgan fingerprint density at radius 3 is 2.44 bits per heavy atom. The minimum absolute atomic E-state index is 0.221. The fourth-order valence-corrected chi connectivity index (χ4v) is 0.868. The molecule has 0 radical (unpaired) electrons. The van der Waals surface area contributed by atoms with E-state index < -0.39 is 10.1 Å². The number of rotatable bonds is 4. The maximum atomic E-state index is 10.0. The number of hydrogen-bond donors (Lipinski definition) is 1. The normalized spacial score (nSPS) is 11.8. The summed E-state index contributed by atoms with van der Waals surface area (Å²) in [5.41, 5.74) is 0. The third-order valence-corrected chi connectivity index (χ3v) is 1.56. The molecule has 0 spiro atoms. The lowest BCUT2D eigenvalue weighted by molar-refractivity contribution is 0.199. The van der Waals surface area contributed by atoms with Crippen LogP contribution in [0.2, 0.25) is 0 Å². The van der Waals surface area contributed by atoms with Gasteiger partial charge in [0.25, 0.3) is 10.1 Å². The predicted octanol–water partition coefficient (Wildman–Crippen LogP) is -0.0893. The quantitative estimate of drug-likeness (QED) is 0.454. The molecule has 0 amide bonds. The molecule has 0 aromatic carbocycles. The van der Waals surface area contributed by atoms with Gasteiger partial charge in [-0.3, -0.25) is 4.55 Å². The molecule has 0 bridgehead atoms. The van der Waals surface area contributed by atoms with Gasteiger partial charge in [0.1, 0.15) is 0 Å². The van der Waals surface area contributed by atoms with Crippen LogP contribution >= 0.6 is 0 Å². The second kappa shape index (κ2) is 3.81. The molecule has 0 fully saturated rings. The van der Waals surface area contributed by atoms with Crippen LogP contribution < -0.4 is 0 Å². The molecule has 0 aliphatic heterocycles. The van der Waals surface area contributed by atoms with Gasteiger partial charge in [0.05, 0.1) is 5.75 Å². The van der Waals surface area contributed by atoms with Crippen molar-refractivity contribution in [2.45, 2.75) is 6.42 Å². The summed E-state index contributed by atoms with van der Waals surface area (Å²) < 4.78 is 32.7. The highest BCUT2D eigenvalue weighted by Crippen LogP contribution is 1.87. The van der Waals surface area contributed by atoms with E-state index in [9.17, 15) is 8.42 Å². The highest BCUT2D eigenvalue weighted by atomic mass is 32.2. The fourth-order valence-electron chi connectivity index (χ4n) is 0.386. The van der Waals surface area contributed by atoms with Crippen LogP contribution in [0, 0.1) is 0 Å². The van der Waals surface area contributed by atoms with E-state index in [-0.39, 0.29) is 5.75 Å². The third-order valence-electron chi connectivity index (χ3n) is 0.751. The van der Waals surface area contributed by atoms with Gasteiger partial charge in [-0.05, 0) is 6.42 Å². The van der Waals surface area contributed by atoms with Crippen molar-refractivity contribution in [3.8, 4) is 0 Å². The minimum atomic E-state index is -3.78. The second-order valence-electron chi connectivity index (χ2n) is 1.63. The number of ether oxygens (including phenoxy) is 1. The average Bonchev–Trinajstić information content (AvgIpc) is 1.63. The number of methoxy groups -OCH3 is 1. The summed E-state index contributed by atoms with van der Waals surface area (Å²) in [6.45, 7) is 0.361. The van der Waals surface area contributed by atoms with Gasteiger partial charge in [0.2, 0.25) is 0 Å². The zero-order chi connectivity index (χ0) is 7.33. The van der Waals surface area contributed by atoms with Crippen molar-refractivity contribution in [2.75, 3.05) is 19.5 Å². The summed E-state index contributed by atoms with van der Waals surface area (Å²) in [6.07, 6.45) is 0.343. The molecule has 0 unspecified atom stereocenters. The molecule has 0 aliphatic carbocycles. The first-order chi connectivity index (χ1) is 4.06. The lowest BCUT2D eigenvalue weighted by atomic mass is 10.5. The van der Waals surface area contributed by atoms with E-state index in [0.717, 1.165) is 0 Å². The largest absolute Gasteiger partial charge is 0.385 e. The molecule has 0 atom stereocenters. The SMILES string of the molecule is COCCCS(=O)(=O)O. The fraction of sp³-hybridized carbons (Fsp3) is 1.00. The van der Waals surface area contributed by atoms with Gasteiger partial charge in [-0.1, -0.05) is 0 Å². The molecule has 0 aliphatic rings. The van der Waals surface area contributed by atoms with E-state index in [1.54, 1.807) is 0 Å². The standard InChI is InChI=1S/C4H10O4S/c1-8-3-2-4-9(5,6)7/h2-4H2,1H3,(H,5,6,7). The maximum Gasteiger partial charge on any atom is 0.264 e. The minimum Gasteiger partial charge on any atom is -0.385 e. The van der Waals surface area contributed by atoms with Gasteiger partial charge in [0.15, 0.2) is 0 Å². The summed E-state index contributed by atoms with van der Waals surface area (Å²) in [7, 11) is -2.30. The topological polar surface area (TPSA) is 63.6 Å². The molecule has 9 heavy (non-hydrogen) atoms. The van der Waals surface area contributed by atoms with Gasteiger partial charge >= 0.3 is 0 Å². The zero-order valence-corrected chi connectivity index (χ0v) is 6.02. The summed E-state index contributed by atoms with van der Waals surface area (Å²) >= 11 is 0. The molecule has 56 valence electrons. The molecule has 0 heterocycles. The summed E-state index contributed by atoms with van der Waals surface area (Å²) in [6, 6.07) is 0. The number of hydrogen-bond acceptors (Lipinski definition) is 3. The average molecular weight is 154 g/mol. The molecule has 0 aromatic rings. The van der Waals surface area contributed by atoms with Crippen LogP contribution in [-0.2, 0) is 14.9 Å². The Hall–Kier alpha value is -0.130.